The van der Waals surface area contributed by atoms with Gasteiger partial charge in [0, 0.05) is 13.6 Å². The number of rotatable bonds is 5. The average Bonchev–Trinajstić information content (AvgIpc) is 2.46. The summed E-state index contributed by atoms with van der Waals surface area (Å²) in [6, 6.07) is 0. The maximum Gasteiger partial charge on any atom is 0.345 e. The summed E-state index contributed by atoms with van der Waals surface area (Å²) >= 11 is 0. The Labute approximate surface area is 83.0 Å². The number of aromatic nitrogens is 3. The molecule has 0 aliphatic rings. The third-order valence-corrected chi connectivity index (χ3v) is 1.89. The number of hydrogen-bond donors (Lipinski definition) is 1. The molecule has 0 aliphatic carbocycles. The van der Waals surface area contributed by atoms with E-state index in [1.165, 1.54) is 15.6 Å². The van der Waals surface area contributed by atoms with Crippen molar-refractivity contribution < 1.29 is 0 Å². The van der Waals surface area contributed by atoms with Gasteiger partial charge in [0.1, 0.15) is 6.33 Å². The molecular formula is C9H16N4O. The fourth-order valence-corrected chi connectivity index (χ4v) is 1.10. The highest BCUT2D eigenvalue weighted by Crippen LogP contribution is 1.90. The summed E-state index contributed by atoms with van der Waals surface area (Å²) in [5, 5.41) is 7.09. The van der Waals surface area contributed by atoms with E-state index in [9.17, 15) is 4.79 Å². The van der Waals surface area contributed by atoms with E-state index in [4.69, 9.17) is 0 Å². The van der Waals surface area contributed by atoms with Crippen LogP contribution in [0.4, 0.5) is 0 Å². The molecule has 0 spiro atoms. The van der Waals surface area contributed by atoms with Crippen molar-refractivity contribution in [1.29, 1.82) is 0 Å². The van der Waals surface area contributed by atoms with Gasteiger partial charge in [-0.05, 0) is 12.1 Å². The first-order chi connectivity index (χ1) is 6.65. The second-order valence-electron chi connectivity index (χ2n) is 3.21. The minimum Gasteiger partial charge on any atom is -0.313 e. The predicted molar refractivity (Wildman–Crippen MR) is 55.2 cm³/mol. The quantitative estimate of drug-likeness (QED) is 0.661. The Bertz CT molecular complexity index is 363. The Balaban J connectivity index is 2.56. The van der Waals surface area contributed by atoms with Crippen molar-refractivity contribution in [2.45, 2.75) is 13.5 Å². The van der Waals surface area contributed by atoms with Gasteiger partial charge >= 0.3 is 5.69 Å². The second-order valence-corrected chi connectivity index (χ2v) is 3.21. The number of hydrogen-bond acceptors (Lipinski definition) is 3. The van der Waals surface area contributed by atoms with Crippen LogP contribution >= 0.6 is 0 Å². The average molecular weight is 196 g/mol. The summed E-state index contributed by atoms with van der Waals surface area (Å²) in [5.41, 5.74) is 0.843. The van der Waals surface area contributed by atoms with Crippen LogP contribution < -0.4 is 11.0 Å². The SMILES string of the molecule is C=C(CNCC)Cn1ncn(C)c1=O. The topological polar surface area (TPSA) is 51.9 Å². The second kappa shape index (κ2) is 4.76. The summed E-state index contributed by atoms with van der Waals surface area (Å²) in [6.07, 6.45) is 1.50. The molecule has 1 aromatic rings. The highest BCUT2D eigenvalue weighted by atomic mass is 16.2. The largest absolute Gasteiger partial charge is 0.345 e. The molecule has 0 saturated carbocycles. The Morgan fingerprint density at radius 2 is 2.43 bits per heavy atom. The van der Waals surface area contributed by atoms with Crippen molar-refractivity contribution in [2.24, 2.45) is 7.05 Å². The van der Waals surface area contributed by atoms with Gasteiger partial charge in [-0.3, -0.25) is 4.57 Å². The van der Waals surface area contributed by atoms with Crippen LogP contribution in [0.5, 0.6) is 0 Å². The van der Waals surface area contributed by atoms with E-state index in [1.807, 2.05) is 6.92 Å². The van der Waals surface area contributed by atoms with Crippen LogP contribution in [-0.2, 0) is 13.6 Å². The minimum absolute atomic E-state index is 0.109. The van der Waals surface area contributed by atoms with Gasteiger partial charge in [-0.1, -0.05) is 13.5 Å². The molecular weight excluding hydrogens is 180 g/mol. The molecule has 5 nitrogen and oxygen atoms in total. The molecule has 0 fully saturated rings. The van der Waals surface area contributed by atoms with Gasteiger partial charge < -0.3 is 5.32 Å². The molecule has 14 heavy (non-hydrogen) atoms. The molecule has 5 heteroatoms. The highest BCUT2D eigenvalue weighted by molar-refractivity contribution is 4.96. The van der Waals surface area contributed by atoms with E-state index in [2.05, 4.69) is 17.0 Å². The van der Waals surface area contributed by atoms with E-state index in [0.29, 0.717) is 6.54 Å². The zero-order valence-corrected chi connectivity index (χ0v) is 8.66. The summed E-state index contributed by atoms with van der Waals surface area (Å²) in [7, 11) is 1.68. The molecule has 1 aromatic heterocycles. The first kappa shape index (κ1) is 10.7. The molecule has 1 heterocycles. The molecule has 0 aromatic carbocycles. The van der Waals surface area contributed by atoms with E-state index in [-0.39, 0.29) is 5.69 Å². The van der Waals surface area contributed by atoms with E-state index >= 15 is 0 Å². The molecule has 1 rings (SSSR count). The number of nitrogens with one attached hydrogen (secondary N) is 1. The molecule has 1 N–H and O–H groups in total. The molecule has 0 amide bonds. The van der Waals surface area contributed by atoms with Crippen molar-refractivity contribution in [1.82, 2.24) is 19.7 Å². The van der Waals surface area contributed by atoms with Gasteiger partial charge in [0.25, 0.3) is 0 Å². The third-order valence-electron chi connectivity index (χ3n) is 1.89. The monoisotopic (exact) mass is 196 g/mol. The molecule has 0 aliphatic heterocycles. The van der Waals surface area contributed by atoms with Crippen LogP contribution in [0.3, 0.4) is 0 Å². The van der Waals surface area contributed by atoms with Gasteiger partial charge in [0.15, 0.2) is 0 Å². The first-order valence-corrected chi connectivity index (χ1v) is 4.61. The van der Waals surface area contributed by atoms with Crippen molar-refractivity contribution in [3.8, 4) is 0 Å². The lowest BCUT2D eigenvalue weighted by Crippen LogP contribution is -2.26. The van der Waals surface area contributed by atoms with Gasteiger partial charge in [-0.25, -0.2) is 9.48 Å². The normalized spacial score (nSPS) is 10.4. The van der Waals surface area contributed by atoms with Gasteiger partial charge in [-0.15, -0.1) is 0 Å². The summed E-state index contributed by atoms with van der Waals surface area (Å²) in [5.74, 6) is 0. The Morgan fingerprint density at radius 1 is 1.71 bits per heavy atom. The Kier molecular flexibility index (Phi) is 3.64. The summed E-state index contributed by atoms with van der Waals surface area (Å²) in [4.78, 5) is 11.4. The molecule has 0 atom stereocenters. The molecule has 0 radical (unpaired) electrons. The zero-order valence-electron chi connectivity index (χ0n) is 8.66. The third kappa shape index (κ3) is 2.56. The maximum atomic E-state index is 11.4. The number of aryl methyl sites for hydroxylation is 1. The zero-order chi connectivity index (χ0) is 10.6. The van der Waals surface area contributed by atoms with Gasteiger partial charge in [-0.2, -0.15) is 5.10 Å². The van der Waals surface area contributed by atoms with Crippen LogP contribution in [-0.4, -0.2) is 27.4 Å². The molecule has 0 unspecified atom stereocenters. The van der Waals surface area contributed by atoms with Crippen LogP contribution in [0.15, 0.2) is 23.3 Å². The lowest BCUT2D eigenvalue weighted by Gasteiger charge is -2.04. The molecule has 78 valence electrons. The lowest BCUT2D eigenvalue weighted by molar-refractivity contribution is 0.616. The van der Waals surface area contributed by atoms with Crippen molar-refractivity contribution in [3.05, 3.63) is 29.0 Å². The van der Waals surface area contributed by atoms with Crippen LogP contribution in [0.25, 0.3) is 0 Å². The van der Waals surface area contributed by atoms with Crippen molar-refractivity contribution in [3.63, 3.8) is 0 Å². The van der Waals surface area contributed by atoms with Crippen molar-refractivity contribution in [2.75, 3.05) is 13.1 Å². The molecule has 0 bridgehead atoms. The lowest BCUT2D eigenvalue weighted by atomic mass is 10.3. The van der Waals surface area contributed by atoms with Crippen molar-refractivity contribution >= 4 is 0 Å². The predicted octanol–water partition coefficient (Wildman–Crippen LogP) is -0.253. The van der Waals surface area contributed by atoms with Gasteiger partial charge in [0.05, 0.1) is 6.54 Å². The van der Waals surface area contributed by atoms with Crippen LogP contribution in [0.2, 0.25) is 0 Å². The van der Waals surface area contributed by atoms with E-state index in [1.54, 1.807) is 7.05 Å². The standard InChI is InChI=1S/C9H16N4O/c1-4-10-5-8(2)6-13-9(14)12(3)7-11-13/h7,10H,2,4-6H2,1,3H3. The minimum atomic E-state index is -0.109. The van der Waals surface area contributed by atoms with Crippen LogP contribution in [0.1, 0.15) is 6.92 Å². The summed E-state index contributed by atoms with van der Waals surface area (Å²) < 4.78 is 2.85. The maximum absolute atomic E-state index is 11.4. The van der Waals surface area contributed by atoms with E-state index < -0.39 is 0 Å². The fraction of sp³-hybridized carbons (Fsp3) is 0.556. The van der Waals surface area contributed by atoms with Gasteiger partial charge in [0.2, 0.25) is 0 Å². The van der Waals surface area contributed by atoms with Crippen LogP contribution in [0, 0.1) is 0 Å². The summed E-state index contributed by atoms with van der Waals surface area (Å²) in [6.45, 7) is 7.99. The molecule has 0 saturated heterocycles. The smallest absolute Gasteiger partial charge is 0.313 e. The fourth-order valence-electron chi connectivity index (χ4n) is 1.10. The number of likely N-dealkylation sites (N-methyl/N-ethyl adjacent to an activating group) is 1. The highest BCUT2D eigenvalue weighted by Gasteiger charge is 2.02. The number of nitrogens with zero attached hydrogens (tertiary/aromatic N) is 3. The Morgan fingerprint density at radius 3 is 2.93 bits per heavy atom. The first-order valence-electron chi connectivity index (χ1n) is 4.61. The Hall–Kier alpha value is -1.36. The van der Waals surface area contributed by atoms with E-state index in [0.717, 1.165) is 18.7 Å².